The molecular formula is C8H8ClN3. The molecule has 0 saturated carbocycles. The molecule has 0 fully saturated rings. The molecule has 1 aromatic carbocycles. The Morgan fingerprint density at radius 3 is 2.92 bits per heavy atom. The van der Waals surface area contributed by atoms with E-state index >= 15 is 0 Å². The van der Waals surface area contributed by atoms with Gasteiger partial charge in [-0.3, -0.25) is 0 Å². The number of fused-ring (bicyclic) bond motifs is 1. The predicted molar refractivity (Wildman–Crippen MR) is 48.3 cm³/mol. The quantitative estimate of drug-likeness (QED) is 0.622. The smallest absolute Gasteiger partial charge is 0.114 e. The summed E-state index contributed by atoms with van der Waals surface area (Å²) in [7, 11) is 1.86. The zero-order valence-electron chi connectivity index (χ0n) is 6.87. The van der Waals surface area contributed by atoms with Gasteiger partial charge in [0.2, 0.25) is 0 Å². The van der Waals surface area contributed by atoms with E-state index in [-0.39, 0.29) is 0 Å². The van der Waals surface area contributed by atoms with Gasteiger partial charge in [-0.2, -0.15) is 0 Å². The van der Waals surface area contributed by atoms with Crippen molar-refractivity contribution in [1.29, 1.82) is 0 Å². The van der Waals surface area contributed by atoms with E-state index in [1.165, 1.54) is 0 Å². The molecular weight excluding hydrogens is 174 g/mol. The van der Waals surface area contributed by atoms with Gasteiger partial charge in [0, 0.05) is 12.1 Å². The van der Waals surface area contributed by atoms with E-state index in [2.05, 4.69) is 10.3 Å². The van der Waals surface area contributed by atoms with Crippen molar-refractivity contribution in [3.8, 4) is 0 Å². The largest absolute Gasteiger partial charge is 0.248 e. The van der Waals surface area contributed by atoms with Crippen LogP contribution in [0.3, 0.4) is 0 Å². The third-order valence-corrected chi connectivity index (χ3v) is 2.30. The van der Waals surface area contributed by atoms with Crippen LogP contribution in [0, 0.1) is 6.92 Å². The maximum absolute atomic E-state index is 5.92. The summed E-state index contributed by atoms with van der Waals surface area (Å²) < 4.78 is 1.73. The van der Waals surface area contributed by atoms with E-state index in [0.717, 1.165) is 21.6 Å². The number of benzene rings is 1. The first-order chi connectivity index (χ1) is 5.68. The number of hydrogen-bond donors (Lipinski definition) is 0. The molecule has 4 heteroatoms. The van der Waals surface area contributed by atoms with E-state index in [9.17, 15) is 0 Å². The van der Waals surface area contributed by atoms with Crippen molar-refractivity contribution in [3.63, 3.8) is 0 Å². The molecule has 0 saturated heterocycles. The van der Waals surface area contributed by atoms with Crippen LogP contribution in [0.4, 0.5) is 0 Å². The number of nitrogens with zero attached hydrogens (tertiary/aromatic N) is 3. The predicted octanol–water partition coefficient (Wildman–Crippen LogP) is 1.93. The van der Waals surface area contributed by atoms with Crippen molar-refractivity contribution in [2.24, 2.45) is 7.05 Å². The average molecular weight is 182 g/mol. The fourth-order valence-corrected chi connectivity index (χ4v) is 1.32. The van der Waals surface area contributed by atoms with Crippen LogP contribution in [-0.4, -0.2) is 15.0 Å². The number of aromatic nitrogens is 3. The fourth-order valence-electron chi connectivity index (χ4n) is 1.16. The van der Waals surface area contributed by atoms with Crippen molar-refractivity contribution in [3.05, 3.63) is 22.7 Å². The van der Waals surface area contributed by atoms with Crippen LogP contribution in [-0.2, 0) is 7.05 Å². The summed E-state index contributed by atoms with van der Waals surface area (Å²) in [6.45, 7) is 1.97. The number of aryl methyl sites for hydroxylation is 2. The summed E-state index contributed by atoms with van der Waals surface area (Å²) in [5, 5.41) is 8.57. The molecule has 0 bridgehead atoms. The summed E-state index contributed by atoms with van der Waals surface area (Å²) in [5.41, 5.74) is 2.90. The monoisotopic (exact) mass is 181 g/mol. The van der Waals surface area contributed by atoms with Crippen LogP contribution in [0.2, 0.25) is 5.02 Å². The van der Waals surface area contributed by atoms with Gasteiger partial charge in [0.25, 0.3) is 0 Å². The van der Waals surface area contributed by atoms with Crippen LogP contribution < -0.4 is 0 Å². The Balaban J connectivity index is 2.87. The lowest BCUT2D eigenvalue weighted by Crippen LogP contribution is -1.89. The normalized spacial score (nSPS) is 10.9. The van der Waals surface area contributed by atoms with Crippen molar-refractivity contribution >= 4 is 22.6 Å². The molecule has 0 radical (unpaired) electrons. The van der Waals surface area contributed by atoms with Crippen molar-refractivity contribution < 1.29 is 0 Å². The second kappa shape index (κ2) is 2.45. The van der Waals surface area contributed by atoms with Crippen LogP contribution in [0.5, 0.6) is 0 Å². The molecule has 2 aromatic rings. The van der Waals surface area contributed by atoms with Crippen LogP contribution in [0.25, 0.3) is 11.0 Å². The van der Waals surface area contributed by atoms with Crippen molar-refractivity contribution in [2.75, 3.05) is 0 Å². The molecule has 62 valence electrons. The van der Waals surface area contributed by atoms with Gasteiger partial charge in [-0.05, 0) is 24.6 Å². The van der Waals surface area contributed by atoms with Crippen molar-refractivity contribution in [2.45, 2.75) is 6.92 Å². The second-order valence-electron chi connectivity index (χ2n) is 2.80. The molecule has 0 atom stereocenters. The Hall–Kier alpha value is -1.09. The lowest BCUT2D eigenvalue weighted by molar-refractivity contribution is 0.736. The highest BCUT2D eigenvalue weighted by molar-refractivity contribution is 6.32. The Labute approximate surface area is 74.9 Å². The number of halogens is 1. The van der Waals surface area contributed by atoms with Crippen molar-refractivity contribution in [1.82, 2.24) is 15.0 Å². The molecule has 2 rings (SSSR count). The molecule has 3 nitrogen and oxygen atoms in total. The third kappa shape index (κ3) is 0.975. The maximum atomic E-state index is 5.92. The van der Waals surface area contributed by atoms with Gasteiger partial charge in [-0.25, -0.2) is 4.68 Å². The molecule has 0 unspecified atom stereocenters. The first-order valence-corrected chi connectivity index (χ1v) is 4.02. The summed E-state index contributed by atoms with van der Waals surface area (Å²) >= 11 is 5.92. The van der Waals surface area contributed by atoms with Gasteiger partial charge in [0.15, 0.2) is 0 Å². The van der Waals surface area contributed by atoms with E-state index in [1.807, 2.05) is 26.1 Å². The van der Waals surface area contributed by atoms with E-state index in [1.54, 1.807) is 4.68 Å². The molecule has 0 aliphatic heterocycles. The zero-order chi connectivity index (χ0) is 8.72. The first kappa shape index (κ1) is 7.55. The van der Waals surface area contributed by atoms with Gasteiger partial charge in [-0.1, -0.05) is 16.8 Å². The lowest BCUT2D eigenvalue weighted by Gasteiger charge is -1.96. The summed E-state index contributed by atoms with van der Waals surface area (Å²) in [6.07, 6.45) is 0. The van der Waals surface area contributed by atoms with Gasteiger partial charge in [0.05, 0.1) is 5.52 Å². The zero-order valence-corrected chi connectivity index (χ0v) is 7.63. The lowest BCUT2D eigenvalue weighted by atomic mass is 10.2. The molecule has 0 aliphatic carbocycles. The van der Waals surface area contributed by atoms with E-state index in [4.69, 9.17) is 11.6 Å². The second-order valence-corrected chi connectivity index (χ2v) is 3.21. The molecule has 0 amide bonds. The highest BCUT2D eigenvalue weighted by atomic mass is 35.5. The Morgan fingerprint density at radius 2 is 2.17 bits per heavy atom. The van der Waals surface area contributed by atoms with Crippen LogP contribution in [0.15, 0.2) is 12.1 Å². The number of hydrogen-bond acceptors (Lipinski definition) is 2. The average Bonchev–Trinajstić information content (AvgIpc) is 2.35. The Morgan fingerprint density at radius 1 is 1.42 bits per heavy atom. The minimum Gasteiger partial charge on any atom is -0.248 e. The maximum Gasteiger partial charge on any atom is 0.114 e. The first-order valence-electron chi connectivity index (χ1n) is 3.64. The number of rotatable bonds is 0. The molecule has 12 heavy (non-hydrogen) atoms. The summed E-state index contributed by atoms with van der Waals surface area (Å²) in [6, 6.07) is 3.82. The topological polar surface area (TPSA) is 30.7 Å². The molecule has 1 aromatic heterocycles. The minimum atomic E-state index is 0.739. The van der Waals surface area contributed by atoms with Gasteiger partial charge < -0.3 is 0 Å². The molecule has 1 heterocycles. The van der Waals surface area contributed by atoms with Gasteiger partial charge >= 0.3 is 0 Å². The Bertz CT molecular complexity index is 433. The van der Waals surface area contributed by atoms with Crippen LogP contribution >= 0.6 is 11.6 Å². The summed E-state index contributed by atoms with van der Waals surface area (Å²) in [4.78, 5) is 0. The molecule has 0 spiro atoms. The van der Waals surface area contributed by atoms with Crippen LogP contribution in [0.1, 0.15) is 5.56 Å². The van der Waals surface area contributed by atoms with E-state index < -0.39 is 0 Å². The third-order valence-electron chi connectivity index (χ3n) is 1.89. The van der Waals surface area contributed by atoms with Gasteiger partial charge in [-0.15, -0.1) is 5.10 Å². The van der Waals surface area contributed by atoms with E-state index in [0.29, 0.717) is 0 Å². The minimum absolute atomic E-state index is 0.739. The fraction of sp³-hybridized carbons (Fsp3) is 0.250. The molecule has 0 aliphatic rings. The summed E-state index contributed by atoms with van der Waals surface area (Å²) in [5.74, 6) is 0. The highest BCUT2D eigenvalue weighted by Crippen LogP contribution is 2.20. The molecule has 0 N–H and O–H groups in total. The SMILES string of the molecule is Cc1cc2c(cc1Cl)nnn2C. The van der Waals surface area contributed by atoms with Gasteiger partial charge in [0.1, 0.15) is 5.52 Å². The highest BCUT2D eigenvalue weighted by Gasteiger charge is 2.03. The standard InChI is InChI=1S/C8H8ClN3/c1-5-3-8-7(4-6(5)9)10-11-12(8)2/h3-4H,1-2H3. The Kier molecular flexibility index (Phi) is 1.54.